The van der Waals surface area contributed by atoms with Gasteiger partial charge in [0.2, 0.25) is 0 Å². The second kappa shape index (κ2) is 11.3. The summed E-state index contributed by atoms with van der Waals surface area (Å²) in [6, 6.07) is 9.71. The Hall–Kier alpha value is -1.74. The molecule has 6 nitrogen and oxygen atoms in total. The van der Waals surface area contributed by atoms with E-state index in [0.717, 1.165) is 30.4 Å². The fourth-order valence-corrected chi connectivity index (χ4v) is 6.74. The van der Waals surface area contributed by atoms with Crippen molar-refractivity contribution in [3.8, 4) is 0 Å². The van der Waals surface area contributed by atoms with Crippen LogP contribution in [0.2, 0.25) is 0 Å². The molecule has 34 heavy (non-hydrogen) atoms. The number of hydrogen-bond donors (Lipinski definition) is 2. The van der Waals surface area contributed by atoms with Gasteiger partial charge in [0.15, 0.2) is 0 Å². The summed E-state index contributed by atoms with van der Waals surface area (Å²) < 4.78 is 67.5. The van der Waals surface area contributed by atoms with Crippen LogP contribution in [0.5, 0.6) is 0 Å². The van der Waals surface area contributed by atoms with Gasteiger partial charge in [-0.1, -0.05) is 80.3 Å². The van der Waals surface area contributed by atoms with Crippen molar-refractivity contribution in [1.82, 2.24) is 0 Å². The van der Waals surface area contributed by atoms with E-state index in [-0.39, 0.29) is 15.7 Å². The Kier molecular flexibility index (Phi) is 8.95. The lowest BCUT2D eigenvalue weighted by molar-refractivity contribution is 0.316. The maximum atomic E-state index is 12.0. The minimum absolute atomic E-state index is 0.0480. The minimum atomic E-state index is -4.38. The molecule has 0 heterocycles. The number of rotatable bonds is 10. The third kappa shape index (κ3) is 7.63. The second-order valence-corrected chi connectivity index (χ2v) is 12.7. The maximum absolute atomic E-state index is 12.0. The summed E-state index contributed by atoms with van der Waals surface area (Å²) in [5, 5.41) is 0. The summed E-state index contributed by atoms with van der Waals surface area (Å²) in [4.78, 5) is -0.204. The van der Waals surface area contributed by atoms with Gasteiger partial charge >= 0.3 is 0 Å². The van der Waals surface area contributed by atoms with Crippen molar-refractivity contribution in [1.29, 1.82) is 0 Å². The van der Waals surface area contributed by atoms with Gasteiger partial charge in [0.1, 0.15) is 0 Å². The molecule has 188 valence electrons. The van der Waals surface area contributed by atoms with Crippen LogP contribution in [0.25, 0.3) is 0 Å². The van der Waals surface area contributed by atoms with E-state index in [9.17, 15) is 25.9 Å². The van der Waals surface area contributed by atoms with Gasteiger partial charge < -0.3 is 0 Å². The van der Waals surface area contributed by atoms with Crippen LogP contribution in [0.15, 0.2) is 46.2 Å². The van der Waals surface area contributed by atoms with Crippen LogP contribution in [-0.4, -0.2) is 25.9 Å². The molecule has 0 unspecified atom stereocenters. The smallest absolute Gasteiger partial charge is 0.282 e. The van der Waals surface area contributed by atoms with Crippen molar-refractivity contribution in [3.63, 3.8) is 0 Å². The number of benzene rings is 2. The molecule has 8 heteroatoms. The lowest BCUT2D eigenvalue weighted by atomic mass is 9.83. The Morgan fingerprint density at radius 1 is 0.794 bits per heavy atom. The van der Waals surface area contributed by atoms with Crippen LogP contribution in [0.1, 0.15) is 73.6 Å². The highest BCUT2D eigenvalue weighted by atomic mass is 32.2. The summed E-state index contributed by atoms with van der Waals surface area (Å²) in [7, 11) is -8.76. The van der Waals surface area contributed by atoms with Gasteiger partial charge in [0.05, 0.1) is 9.79 Å². The molecule has 2 N–H and O–H groups in total. The second-order valence-electron chi connectivity index (χ2n) is 9.88. The van der Waals surface area contributed by atoms with Crippen molar-refractivity contribution >= 4 is 20.2 Å². The molecule has 1 aliphatic carbocycles. The quantitative estimate of drug-likeness (QED) is 0.384. The molecule has 1 saturated carbocycles. The average Bonchev–Trinajstić information content (AvgIpc) is 2.73. The molecule has 0 bridgehead atoms. The zero-order chi connectivity index (χ0) is 24.9. The molecule has 2 aromatic carbocycles. The van der Waals surface area contributed by atoms with Crippen LogP contribution < -0.4 is 0 Å². The van der Waals surface area contributed by atoms with Gasteiger partial charge in [-0.25, -0.2) is 0 Å². The third-order valence-corrected chi connectivity index (χ3v) is 8.86. The summed E-state index contributed by atoms with van der Waals surface area (Å²) >= 11 is 0. The van der Waals surface area contributed by atoms with Crippen LogP contribution in [0, 0.1) is 25.7 Å². The summed E-state index contributed by atoms with van der Waals surface area (Å²) in [5.74, 6) is 0.669. The van der Waals surface area contributed by atoms with Crippen LogP contribution in [0.3, 0.4) is 0 Å². The predicted octanol–water partition coefficient (Wildman–Crippen LogP) is 5.95. The van der Waals surface area contributed by atoms with Gasteiger partial charge in [-0.3, -0.25) is 9.11 Å². The Bertz CT molecular complexity index is 1110. The van der Waals surface area contributed by atoms with E-state index in [1.807, 2.05) is 13.8 Å². The maximum Gasteiger partial charge on any atom is 0.294 e. The van der Waals surface area contributed by atoms with E-state index in [0.29, 0.717) is 29.9 Å². The van der Waals surface area contributed by atoms with Gasteiger partial charge in [0, 0.05) is 0 Å². The Morgan fingerprint density at radius 2 is 1.26 bits per heavy atom. The molecular formula is C26H36O6S2. The Labute approximate surface area is 204 Å². The first-order valence-corrected chi connectivity index (χ1v) is 15.0. The normalized spacial score (nSPS) is 15.7. The lowest BCUT2D eigenvalue weighted by Crippen LogP contribution is -2.15. The minimum Gasteiger partial charge on any atom is -0.282 e. The Morgan fingerprint density at radius 3 is 1.71 bits per heavy atom. The highest BCUT2D eigenvalue weighted by molar-refractivity contribution is 7.86. The van der Waals surface area contributed by atoms with Crippen LogP contribution >= 0.6 is 0 Å². The molecule has 0 saturated heterocycles. The molecule has 0 atom stereocenters. The van der Waals surface area contributed by atoms with Gasteiger partial charge in [-0.15, -0.1) is 0 Å². The number of aryl methyl sites for hydroxylation is 2. The first-order valence-electron chi connectivity index (χ1n) is 12.1. The van der Waals surface area contributed by atoms with Crippen molar-refractivity contribution in [2.24, 2.45) is 11.8 Å². The molecular weight excluding hydrogens is 472 g/mol. The highest BCUT2D eigenvalue weighted by Gasteiger charge is 2.23. The van der Waals surface area contributed by atoms with E-state index in [1.165, 1.54) is 44.2 Å². The summed E-state index contributed by atoms with van der Waals surface area (Å²) in [6.07, 6.45) is 10.0. The molecule has 2 aromatic rings. The van der Waals surface area contributed by atoms with E-state index < -0.39 is 20.2 Å². The molecule has 0 aliphatic heterocycles. The standard InChI is InChI=1S/C26H36O6S2/c1-19-11-13-25(33(27,28)29)23(15-19)17-22(10-6-9-21-7-4-3-5-8-21)18-24-16-20(2)12-14-26(24)34(30,31)32/h11-16,21-22H,3-10,17-18H2,1-2H3,(H,27,28,29)(H,30,31,32). The molecule has 1 aliphatic rings. The van der Waals surface area contributed by atoms with Crippen molar-refractivity contribution in [2.45, 2.75) is 87.8 Å². The number of hydrogen-bond acceptors (Lipinski definition) is 4. The van der Waals surface area contributed by atoms with Crippen LogP contribution in [-0.2, 0) is 33.1 Å². The summed E-state index contributed by atoms with van der Waals surface area (Å²) in [6.45, 7) is 3.73. The molecule has 0 aromatic heterocycles. The fraction of sp³-hybridized carbons (Fsp3) is 0.538. The zero-order valence-electron chi connectivity index (χ0n) is 20.0. The molecule has 3 rings (SSSR count). The SMILES string of the molecule is Cc1ccc(S(=O)(=O)O)c(CC(CCCC2CCCCC2)Cc2cc(C)ccc2S(=O)(=O)O)c1. The van der Waals surface area contributed by atoms with E-state index in [2.05, 4.69) is 0 Å². The lowest BCUT2D eigenvalue weighted by Gasteiger charge is -2.24. The monoisotopic (exact) mass is 508 g/mol. The van der Waals surface area contributed by atoms with Gasteiger partial charge in [0.25, 0.3) is 20.2 Å². The molecule has 0 amide bonds. The first kappa shape index (κ1) is 26.9. The fourth-order valence-electron chi connectivity index (χ4n) is 5.31. The molecule has 1 fully saturated rings. The highest BCUT2D eigenvalue weighted by Crippen LogP contribution is 2.31. The molecule has 0 spiro atoms. The van der Waals surface area contributed by atoms with E-state index >= 15 is 0 Å². The van der Waals surface area contributed by atoms with Crippen molar-refractivity contribution in [3.05, 3.63) is 58.7 Å². The summed E-state index contributed by atoms with van der Waals surface area (Å²) in [5.41, 5.74) is 2.84. The van der Waals surface area contributed by atoms with E-state index in [1.54, 1.807) is 24.3 Å². The Balaban J connectivity index is 1.89. The van der Waals surface area contributed by atoms with Crippen molar-refractivity contribution < 1.29 is 25.9 Å². The predicted molar refractivity (Wildman–Crippen MR) is 133 cm³/mol. The first-order chi connectivity index (χ1) is 15.9. The largest absolute Gasteiger partial charge is 0.294 e. The van der Waals surface area contributed by atoms with E-state index in [4.69, 9.17) is 0 Å². The van der Waals surface area contributed by atoms with Crippen LogP contribution in [0.4, 0.5) is 0 Å². The zero-order valence-corrected chi connectivity index (χ0v) is 21.7. The van der Waals surface area contributed by atoms with Crippen molar-refractivity contribution in [2.75, 3.05) is 0 Å². The molecule has 0 radical (unpaired) electrons. The average molecular weight is 509 g/mol. The van der Waals surface area contributed by atoms with Gasteiger partial charge in [-0.2, -0.15) is 16.8 Å². The van der Waals surface area contributed by atoms with Gasteiger partial charge in [-0.05, 0) is 68.2 Å². The third-order valence-electron chi connectivity index (χ3n) is 6.95. The topological polar surface area (TPSA) is 109 Å².